The van der Waals surface area contributed by atoms with Gasteiger partial charge >= 0.3 is 0 Å². The molecule has 2 aliphatic heterocycles. The molecule has 0 saturated carbocycles. The first-order valence-electron chi connectivity index (χ1n) is 10.5. The van der Waals surface area contributed by atoms with Gasteiger partial charge in [-0.1, -0.05) is 42.5 Å². The van der Waals surface area contributed by atoms with Gasteiger partial charge in [-0.25, -0.2) is 0 Å². The monoisotopic (exact) mass is 386 g/mol. The van der Waals surface area contributed by atoms with E-state index in [1.807, 2.05) is 11.0 Å². The van der Waals surface area contributed by atoms with Gasteiger partial charge in [0.15, 0.2) is 0 Å². The lowest BCUT2D eigenvalue weighted by Crippen LogP contribution is -2.49. The highest BCUT2D eigenvalue weighted by atomic mass is 16.5. The molecule has 0 bridgehead atoms. The number of rotatable bonds is 9. The van der Waals surface area contributed by atoms with Crippen LogP contribution in [0.5, 0.6) is 0 Å². The summed E-state index contributed by atoms with van der Waals surface area (Å²) in [7, 11) is 0. The van der Waals surface area contributed by atoms with Crippen LogP contribution in [0.2, 0.25) is 0 Å². The molecule has 0 spiro atoms. The molecular formula is C22H34N4O2. The fraction of sp³-hybridized carbons (Fsp3) is 0.591. The molecule has 28 heavy (non-hydrogen) atoms. The van der Waals surface area contributed by atoms with Crippen LogP contribution in [0.1, 0.15) is 12.0 Å². The summed E-state index contributed by atoms with van der Waals surface area (Å²) in [5.41, 5.74) is 1.23. The van der Waals surface area contributed by atoms with Gasteiger partial charge in [-0.15, -0.1) is 0 Å². The molecule has 0 aromatic heterocycles. The maximum atomic E-state index is 12.4. The minimum absolute atomic E-state index is 0.276. The Balaban J connectivity index is 1.24. The zero-order chi connectivity index (χ0) is 19.4. The van der Waals surface area contributed by atoms with Crippen LogP contribution in [-0.4, -0.2) is 99.3 Å². The molecule has 0 atom stereocenters. The summed E-state index contributed by atoms with van der Waals surface area (Å²) in [6.45, 7) is 11.0. The summed E-state index contributed by atoms with van der Waals surface area (Å²) in [5, 5.41) is 3.41. The number of carbonyl (C=O) groups excluding carboxylic acids is 1. The number of nitrogens with zero attached hydrogens (tertiary/aromatic N) is 3. The van der Waals surface area contributed by atoms with E-state index >= 15 is 0 Å². The summed E-state index contributed by atoms with van der Waals surface area (Å²) in [6.07, 6.45) is 4.97. The van der Waals surface area contributed by atoms with E-state index in [0.717, 1.165) is 78.7 Å². The molecule has 6 nitrogen and oxygen atoms in total. The molecule has 3 rings (SSSR count). The predicted molar refractivity (Wildman–Crippen MR) is 113 cm³/mol. The Kier molecular flexibility index (Phi) is 8.97. The first-order chi connectivity index (χ1) is 13.8. The van der Waals surface area contributed by atoms with Gasteiger partial charge in [0.2, 0.25) is 5.91 Å². The zero-order valence-corrected chi connectivity index (χ0v) is 16.9. The topological polar surface area (TPSA) is 48.1 Å². The summed E-state index contributed by atoms with van der Waals surface area (Å²) < 4.78 is 5.36. The molecule has 0 unspecified atom stereocenters. The van der Waals surface area contributed by atoms with E-state index < -0.39 is 0 Å². The third-order valence-electron chi connectivity index (χ3n) is 5.42. The highest BCUT2D eigenvalue weighted by Crippen LogP contribution is 2.06. The van der Waals surface area contributed by atoms with Crippen LogP contribution in [0.3, 0.4) is 0 Å². The van der Waals surface area contributed by atoms with Crippen molar-refractivity contribution in [3.05, 3.63) is 42.0 Å². The lowest BCUT2D eigenvalue weighted by molar-refractivity contribution is -0.132. The Morgan fingerprint density at radius 3 is 2.46 bits per heavy atom. The molecule has 0 aliphatic carbocycles. The maximum Gasteiger partial charge on any atom is 0.223 e. The number of ether oxygens (including phenoxy) is 1. The molecule has 0 radical (unpaired) electrons. The molecule has 2 saturated heterocycles. The molecule has 1 aromatic carbocycles. The molecule has 2 aliphatic rings. The van der Waals surface area contributed by atoms with Crippen LogP contribution in [0.25, 0.3) is 6.08 Å². The molecule has 6 heteroatoms. The predicted octanol–water partition coefficient (Wildman–Crippen LogP) is 1.16. The van der Waals surface area contributed by atoms with E-state index in [0.29, 0.717) is 6.42 Å². The summed E-state index contributed by atoms with van der Waals surface area (Å²) in [4.78, 5) is 19.2. The number of benzene rings is 1. The van der Waals surface area contributed by atoms with E-state index in [2.05, 4.69) is 51.5 Å². The fourth-order valence-corrected chi connectivity index (χ4v) is 3.62. The average molecular weight is 387 g/mol. The molecule has 1 amide bonds. The van der Waals surface area contributed by atoms with Crippen molar-refractivity contribution in [3.63, 3.8) is 0 Å². The van der Waals surface area contributed by atoms with Crippen molar-refractivity contribution in [1.82, 2.24) is 20.0 Å². The van der Waals surface area contributed by atoms with Gasteiger partial charge in [-0.2, -0.15) is 0 Å². The van der Waals surface area contributed by atoms with E-state index in [4.69, 9.17) is 4.74 Å². The first-order valence-corrected chi connectivity index (χ1v) is 10.5. The number of morpholine rings is 1. The number of carbonyl (C=O) groups is 1. The van der Waals surface area contributed by atoms with Crippen molar-refractivity contribution >= 4 is 12.0 Å². The standard InChI is InChI=1S/C22H34N4O2/c27-22(8-9-23-10-12-25-17-19-28-20-18-25)26-15-13-24(14-16-26)11-4-7-21-5-2-1-3-6-21/h1-7,23H,8-20H2/b7-4+. The maximum absolute atomic E-state index is 12.4. The summed E-state index contributed by atoms with van der Waals surface area (Å²) in [5.74, 6) is 0.276. The van der Waals surface area contributed by atoms with Gasteiger partial charge in [0, 0.05) is 71.9 Å². The van der Waals surface area contributed by atoms with Crippen LogP contribution in [0, 0.1) is 0 Å². The second-order valence-corrected chi connectivity index (χ2v) is 7.45. The normalized spacial score (nSPS) is 19.4. The molecular weight excluding hydrogens is 352 g/mol. The minimum atomic E-state index is 0.276. The highest BCUT2D eigenvalue weighted by Gasteiger charge is 2.19. The Morgan fingerprint density at radius 2 is 1.71 bits per heavy atom. The summed E-state index contributed by atoms with van der Waals surface area (Å²) >= 11 is 0. The third-order valence-corrected chi connectivity index (χ3v) is 5.42. The minimum Gasteiger partial charge on any atom is -0.379 e. The molecule has 1 N–H and O–H groups in total. The number of piperazine rings is 1. The average Bonchev–Trinajstić information content (AvgIpc) is 2.75. The fourth-order valence-electron chi connectivity index (χ4n) is 3.62. The van der Waals surface area contributed by atoms with Gasteiger partial charge in [-0.05, 0) is 5.56 Å². The van der Waals surface area contributed by atoms with Crippen LogP contribution >= 0.6 is 0 Å². The highest BCUT2D eigenvalue weighted by molar-refractivity contribution is 5.76. The molecule has 2 heterocycles. The molecule has 2 fully saturated rings. The van der Waals surface area contributed by atoms with Crippen LogP contribution in [0.4, 0.5) is 0 Å². The van der Waals surface area contributed by atoms with Crippen molar-refractivity contribution < 1.29 is 9.53 Å². The zero-order valence-electron chi connectivity index (χ0n) is 16.9. The van der Waals surface area contributed by atoms with Gasteiger partial charge in [0.1, 0.15) is 0 Å². The lowest BCUT2D eigenvalue weighted by Gasteiger charge is -2.34. The second-order valence-electron chi connectivity index (χ2n) is 7.45. The van der Waals surface area contributed by atoms with E-state index in [9.17, 15) is 4.79 Å². The van der Waals surface area contributed by atoms with Crippen molar-refractivity contribution in [3.8, 4) is 0 Å². The third kappa shape index (κ3) is 7.36. The molecule has 154 valence electrons. The quantitative estimate of drug-likeness (QED) is 0.646. The Labute approximate surface area is 169 Å². The summed E-state index contributed by atoms with van der Waals surface area (Å²) in [6, 6.07) is 10.4. The number of hydrogen-bond donors (Lipinski definition) is 1. The van der Waals surface area contributed by atoms with Crippen LogP contribution in [-0.2, 0) is 9.53 Å². The lowest BCUT2D eigenvalue weighted by atomic mass is 10.2. The van der Waals surface area contributed by atoms with Crippen LogP contribution in [0.15, 0.2) is 36.4 Å². The number of hydrogen-bond acceptors (Lipinski definition) is 5. The van der Waals surface area contributed by atoms with E-state index in [-0.39, 0.29) is 5.91 Å². The number of amides is 1. The smallest absolute Gasteiger partial charge is 0.223 e. The van der Waals surface area contributed by atoms with Gasteiger partial charge in [0.25, 0.3) is 0 Å². The SMILES string of the molecule is O=C(CCNCCN1CCOCC1)N1CCN(C/C=C/c2ccccc2)CC1. The molecule has 1 aromatic rings. The van der Waals surface area contributed by atoms with Crippen molar-refractivity contribution in [2.75, 3.05) is 78.7 Å². The van der Waals surface area contributed by atoms with Gasteiger partial charge < -0.3 is 15.0 Å². The Morgan fingerprint density at radius 1 is 0.964 bits per heavy atom. The Bertz CT molecular complexity index is 594. The van der Waals surface area contributed by atoms with Crippen molar-refractivity contribution in [2.24, 2.45) is 0 Å². The van der Waals surface area contributed by atoms with Gasteiger partial charge in [0.05, 0.1) is 13.2 Å². The first kappa shape index (κ1) is 21.0. The van der Waals surface area contributed by atoms with E-state index in [1.165, 1.54) is 5.56 Å². The second kappa shape index (κ2) is 12.0. The largest absolute Gasteiger partial charge is 0.379 e. The van der Waals surface area contributed by atoms with Crippen LogP contribution < -0.4 is 5.32 Å². The Hall–Kier alpha value is -1.73. The van der Waals surface area contributed by atoms with Gasteiger partial charge in [-0.3, -0.25) is 14.6 Å². The number of nitrogens with one attached hydrogen (secondary N) is 1. The van der Waals surface area contributed by atoms with E-state index in [1.54, 1.807) is 0 Å². The van der Waals surface area contributed by atoms with Crippen molar-refractivity contribution in [2.45, 2.75) is 6.42 Å². The van der Waals surface area contributed by atoms with Crippen molar-refractivity contribution in [1.29, 1.82) is 0 Å².